The van der Waals surface area contributed by atoms with Crippen LogP contribution in [0.25, 0.3) is 31.3 Å². The van der Waals surface area contributed by atoms with Crippen LogP contribution >= 0.6 is 0 Å². The molecule has 3 aromatic rings. The number of hydrogen-bond acceptors (Lipinski definition) is 9. The molecule has 2 N–H and O–H groups in total. The summed E-state index contributed by atoms with van der Waals surface area (Å²) in [4.78, 5) is 24.2. The molecule has 0 unspecified atom stereocenters. The van der Waals surface area contributed by atoms with Crippen molar-refractivity contribution in [3.8, 4) is 0 Å². The van der Waals surface area contributed by atoms with Gasteiger partial charge < -0.3 is 24.4 Å². The number of hydrogen-bond donors (Lipinski definition) is 2. The van der Waals surface area contributed by atoms with E-state index in [1.54, 1.807) is 4.90 Å². The Morgan fingerprint density at radius 2 is 1.37 bits per heavy atom. The zero-order valence-corrected chi connectivity index (χ0v) is 26.4. The largest absolute Gasteiger partial charge is 0.445 e. The summed E-state index contributed by atoms with van der Waals surface area (Å²) >= 11 is 0. The molecule has 0 aromatic heterocycles. The van der Waals surface area contributed by atoms with Crippen LogP contribution in [0.3, 0.4) is 0 Å². The molecule has 3 aromatic carbocycles. The van der Waals surface area contributed by atoms with Gasteiger partial charge in [0, 0.05) is 21.3 Å². The summed E-state index contributed by atoms with van der Waals surface area (Å²) < 4.78 is 18.6. The van der Waals surface area contributed by atoms with Gasteiger partial charge in [0.25, 0.3) is 0 Å². The number of amides is 1. The summed E-state index contributed by atoms with van der Waals surface area (Å²) in [5.74, 6) is 0. The third kappa shape index (κ3) is 8.79. The number of rotatable bonds is 12. The van der Waals surface area contributed by atoms with Gasteiger partial charge in [-0.3, -0.25) is 4.90 Å². The number of aliphatic hydroxyl groups is 2. The van der Waals surface area contributed by atoms with E-state index in [0.29, 0.717) is 6.42 Å². The van der Waals surface area contributed by atoms with Crippen molar-refractivity contribution >= 4 is 6.09 Å². The van der Waals surface area contributed by atoms with Gasteiger partial charge in [-0.25, -0.2) is 4.79 Å². The molecule has 5 rings (SSSR count). The van der Waals surface area contributed by atoms with Gasteiger partial charge in [0.1, 0.15) is 12.7 Å². The number of benzene rings is 3. The van der Waals surface area contributed by atoms with E-state index < -0.39 is 61.0 Å². The van der Waals surface area contributed by atoms with Crippen LogP contribution in [-0.2, 0) is 27.4 Å². The number of carbonyl (C=O) groups excluding carboxylic acids is 1. The minimum absolute atomic E-state index is 0.0439. The molecule has 254 valence electrons. The van der Waals surface area contributed by atoms with Crippen molar-refractivity contribution in [2.24, 2.45) is 15.3 Å². The molecule has 2 fully saturated rings. The zero-order valence-electron chi connectivity index (χ0n) is 26.4. The van der Waals surface area contributed by atoms with Gasteiger partial charge >= 0.3 is 6.09 Å². The van der Waals surface area contributed by atoms with E-state index in [0.717, 1.165) is 16.7 Å². The fourth-order valence-corrected chi connectivity index (χ4v) is 6.30. The van der Waals surface area contributed by atoms with Gasteiger partial charge in [-0.15, -0.1) is 0 Å². The molecule has 0 bridgehead atoms. The monoisotopic (exact) mass is 668 g/mol. The van der Waals surface area contributed by atoms with Crippen molar-refractivity contribution in [3.05, 3.63) is 139 Å². The van der Waals surface area contributed by atoms with Crippen LogP contribution in [0, 0.1) is 0 Å². The van der Waals surface area contributed by atoms with Crippen LogP contribution < -0.4 is 0 Å². The Kier molecular flexibility index (Phi) is 12.3. The molecule has 1 aliphatic heterocycles. The van der Waals surface area contributed by atoms with Crippen LogP contribution in [-0.4, -0.2) is 70.0 Å². The fourth-order valence-electron chi connectivity index (χ4n) is 6.30. The van der Waals surface area contributed by atoms with Crippen molar-refractivity contribution in [3.63, 3.8) is 0 Å². The van der Waals surface area contributed by atoms with Crippen LogP contribution in [0.2, 0.25) is 0 Å². The van der Waals surface area contributed by atoms with Crippen LogP contribution in [0.4, 0.5) is 4.79 Å². The van der Waals surface area contributed by atoms with Gasteiger partial charge in [0.05, 0.1) is 42.5 Å². The van der Waals surface area contributed by atoms with Crippen LogP contribution in [0.15, 0.2) is 106 Å². The minimum atomic E-state index is -1.64. The summed E-state index contributed by atoms with van der Waals surface area (Å²) in [5, 5.41) is 32.9. The van der Waals surface area contributed by atoms with Crippen molar-refractivity contribution in [2.75, 3.05) is 0 Å². The lowest BCUT2D eigenvalue weighted by Crippen LogP contribution is -2.58. The molecule has 16 nitrogen and oxygen atoms in total. The number of nitrogens with zero attached hydrogens (tertiary/aromatic N) is 10. The van der Waals surface area contributed by atoms with E-state index in [-0.39, 0.29) is 26.0 Å². The van der Waals surface area contributed by atoms with Gasteiger partial charge in [-0.2, -0.15) is 0 Å². The van der Waals surface area contributed by atoms with Crippen molar-refractivity contribution in [2.45, 2.75) is 87.3 Å². The summed E-state index contributed by atoms with van der Waals surface area (Å²) in [7, 11) is 0. The predicted molar refractivity (Wildman–Crippen MR) is 176 cm³/mol. The Labute approximate surface area is 281 Å². The zero-order chi connectivity index (χ0) is 34.6. The Morgan fingerprint density at radius 1 is 0.796 bits per heavy atom. The smallest absolute Gasteiger partial charge is 0.411 e. The SMILES string of the molecule is [N-]=[N+]=N[C@H]1C[C@@H](N=[N+]=[N-])[C@H](O)[C@@H](O)[C@@H]1O[C@H]1O[C@H]([C@@H](c2ccccc2)N(Cc2ccccc2)C(=O)OCc2ccccc2)CC[C@H]1N=[N+]=[N-]. The van der Waals surface area contributed by atoms with E-state index in [4.69, 9.17) is 19.7 Å². The lowest BCUT2D eigenvalue weighted by molar-refractivity contribution is -0.260. The average molecular weight is 669 g/mol. The molecule has 1 aliphatic carbocycles. The molecule has 9 atom stereocenters. The Hall–Kier alpha value is -5.30. The fraction of sp³-hybridized carbons (Fsp3) is 0.424. The maximum Gasteiger partial charge on any atom is 0.411 e. The number of aliphatic hydroxyl groups excluding tert-OH is 2. The Balaban J connectivity index is 1.48. The van der Waals surface area contributed by atoms with Crippen LogP contribution in [0.5, 0.6) is 0 Å². The lowest BCUT2D eigenvalue weighted by Gasteiger charge is -2.45. The topological polar surface area (TPSA) is 235 Å². The molecule has 1 amide bonds. The number of ether oxygens (including phenoxy) is 3. The first-order valence-electron chi connectivity index (χ1n) is 15.8. The van der Waals surface area contributed by atoms with Crippen LogP contribution in [0.1, 0.15) is 42.0 Å². The molecule has 1 saturated heterocycles. The molecular formula is C33H36N10O6. The first-order chi connectivity index (χ1) is 23.9. The third-order valence-electron chi connectivity index (χ3n) is 8.67. The first-order valence-corrected chi connectivity index (χ1v) is 15.8. The second-order valence-electron chi connectivity index (χ2n) is 11.8. The first kappa shape index (κ1) is 35.0. The standard InChI is InChI=1S/C33H36N10O6/c34-40-37-24-16-17-27(48-32(24)49-31-26(39-42-36)18-25(38-41-35)29(44)30(31)45)28(23-14-8-3-9-15-23)43(19-21-10-4-1-5-11-21)33(46)47-20-22-12-6-2-7-13-22/h1-15,24-32,44-45H,16-20H2/t24-,25-,26+,27+,28-,29+,30-,31-,32-/m1/s1. The highest BCUT2D eigenvalue weighted by Gasteiger charge is 2.47. The summed E-state index contributed by atoms with van der Waals surface area (Å²) in [5.41, 5.74) is 30.0. The minimum Gasteiger partial charge on any atom is -0.445 e. The molecular weight excluding hydrogens is 632 g/mol. The Bertz CT molecular complexity index is 1670. The van der Waals surface area contributed by atoms with E-state index >= 15 is 0 Å². The second-order valence-corrected chi connectivity index (χ2v) is 11.8. The van der Waals surface area contributed by atoms with E-state index in [1.165, 1.54) is 0 Å². The quantitative estimate of drug-likeness (QED) is 0.122. The highest BCUT2D eigenvalue weighted by Crippen LogP contribution is 2.38. The number of azide groups is 3. The highest BCUT2D eigenvalue weighted by atomic mass is 16.7. The second kappa shape index (κ2) is 17.2. The maximum atomic E-state index is 14.0. The lowest BCUT2D eigenvalue weighted by atomic mass is 9.84. The van der Waals surface area contributed by atoms with E-state index in [9.17, 15) is 26.1 Å². The molecule has 1 saturated carbocycles. The van der Waals surface area contributed by atoms with Gasteiger partial charge in [0.15, 0.2) is 6.29 Å². The summed E-state index contributed by atoms with van der Waals surface area (Å²) in [6.45, 7) is 0.217. The predicted octanol–water partition coefficient (Wildman–Crippen LogP) is 6.62. The van der Waals surface area contributed by atoms with Gasteiger partial charge in [-0.1, -0.05) is 106 Å². The van der Waals surface area contributed by atoms with Crippen molar-refractivity contribution in [1.82, 2.24) is 4.90 Å². The summed E-state index contributed by atoms with van der Waals surface area (Å²) in [6.07, 6.45) is -6.55. The molecule has 49 heavy (non-hydrogen) atoms. The average Bonchev–Trinajstić information content (AvgIpc) is 3.13. The van der Waals surface area contributed by atoms with Crippen molar-refractivity contribution in [1.29, 1.82) is 0 Å². The Morgan fingerprint density at radius 3 is 2.00 bits per heavy atom. The van der Waals surface area contributed by atoms with Crippen molar-refractivity contribution < 1.29 is 29.2 Å². The molecule has 16 heteroatoms. The third-order valence-corrected chi connectivity index (χ3v) is 8.67. The van der Waals surface area contributed by atoms with E-state index in [1.807, 2.05) is 91.0 Å². The molecule has 2 aliphatic rings. The van der Waals surface area contributed by atoms with Gasteiger partial charge in [-0.05, 0) is 52.5 Å². The summed E-state index contributed by atoms with van der Waals surface area (Å²) in [6, 6.07) is 24.4. The van der Waals surface area contributed by atoms with E-state index in [2.05, 4.69) is 30.1 Å². The number of carbonyl (C=O) groups is 1. The molecule has 0 spiro atoms. The molecule has 0 radical (unpaired) electrons. The molecule has 1 heterocycles. The highest BCUT2D eigenvalue weighted by molar-refractivity contribution is 5.68. The van der Waals surface area contributed by atoms with Gasteiger partial charge in [0.2, 0.25) is 0 Å². The maximum absolute atomic E-state index is 14.0. The normalized spacial score (nSPS) is 26.9.